The van der Waals surface area contributed by atoms with Crippen molar-refractivity contribution < 1.29 is 9.18 Å². The maximum Gasteiger partial charge on any atom is 0.255 e. The van der Waals surface area contributed by atoms with Crippen molar-refractivity contribution in [1.29, 1.82) is 0 Å². The average Bonchev–Trinajstić information content (AvgIpc) is 2.91. The second-order valence-electron chi connectivity index (χ2n) is 9.46. The smallest absolute Gasteiger partial charge is 0.255 e. The number of hydrogen-bond donors (Lipinski definition) is 2. The number of nitrogens with zero attached hydrogens (tertiary/aromatic N) is 3. The highest BCUT2D eigenvalue weighted by Crippen LogP contribution is 2.28. The van der Waals surface area contributed by atoms with Crippen LogP contribution in [-0.2, 0) is 6.54 Å². The van der Waals surface area contributed by atoms with Crippen molar-refractivity contribution in [2.45, 2.75) is 13.5 Å². The summed E-state index contributed by atoms with van der Waals surface area (Å²) >= 11 is 0. The molecule has 5 rings (SSSR count). The van der Waals surface area contributed by atoms with Crippen LogP contribution >= 0.6 is 0 Å². The summed E-state index contributed by atoms with van der Waals surface area (Å²) in [5.74, 6) is -0.0678. The fraction of sp³-hybridized carbons (Fsp3) is 0.129. The van der Waals surface area contributed by atoms with E-state index >= 15 is 0 Å². The molecule has 7 heteroatoms. The molecule has 0 aliphatic heterocycles. The molecule has 0 saturated carbocycles. The van der Waals surface area contributed by atoms with Gasteiger partial charge in [0.2, 0.25) is 5.95 Å². The van der Waals surface area contributed by atoms with Crippen LogP contribution in [-0.4, -0.2) is 34.9 Å². The molecule has 0 saturated heterocycles. The SMILES string of the molecule is Cc1ccc(CN(C)C)cc1NC(=O)c1ccc(Nc2nc(-c3ccc(F)cc3)c3ccccc3n2)cc1. The Morgan fingerprint density at radius 2 is 1.63 bits per heavy atom. The van der Waals surface area contributed by atoms with Crippen LogP contribution in [0.25, 0.3) is 22.2 Å². The Hall–Kier alpha value is -4.62. The highest BCUT2D eigenvalue weighted by atomic mass is 19.1. The van der Waals surface area contributed by atoms with Crippen molar-refractivity contribution in [2.24, 2.45) is 0 Å². The molecule has 0 aliphatic rings. The summed E-state index contributed by atoms with van der Waals surface area (Å²) < 4.78 is 13.5. The minimum Gasteiger partial charge on any atom is -0.324 e. The van der Waals surface area contributed by atoms with Crippen molar-refractivity contribution in [2.75, 3.05) is 24.7 Å². The molecule has 0 unspecified atom stereocenters. The Bertz CT molecular complexity index is 1600. The van der Waals surface area contributed by atoms with E-state index in [2.05, 4.69) is 26.6 Å². The molecular weight excluding hydrogens is 477 g/mol. The van der Waals surface area contributed by atoms with E-state index in [1.54, 1.807) is 24.3 Å². The number of rotatable bonds is 7. The number of benzene rings is 4. The number of aromatic nitrogens is 2. The van der Waals surface area contributed by atoms with Gasteiger partial charge in [-0.25, -0.2) is 14.4 Å². The van der Waals surface area contributed by atoms with Crippen LogP contribution in [0, 0.1) is 12.7 Å². The van der Waals surface area contributed by atoms with Gasteiger partial charge < -0.3 is 15.5 Å². The quantitative estimate of drug-likeness (QED) is 0.255. The second kappa shape index (κ2) is 10.8. The third kappa shape index (κ3) is 5.68. The van der Waals surface area contributed by atoms with E-state index in [0.717, 1.165) is 45.5 Å². The molecule has 6 nitrogen and oxygen atoms in total. The standard InChI is InChI=1S/C31H28FN5O/c1-20-8-9-21(19-37(2)3)18-28(20)34-30(38)23-12-16-25(17-13-23)33-31-35-27-7-5-4-6-26(27)29(36-31)22-10-14-24(32)15-11-22/h4-18H,19H2,1-3H3,(H,34,38)(H,33,35,36). The first-order chi connectivity index (χ1) is 18.4. The molecule has 190 valence electrons. The number of anilines is 3. The highest BCUT2D eigenvalue weighted by molar-refractivity contribution is 6.05. The summed E-state index contributed by atoms with van der Waals surface area (Å²) in [6.07, 6.45) is 0. The molecule has 2 N–H and O–H groups in total. The van der Waals surface area contributed by atoms with Crippen molar-refractivity contribution in [3.8, 4) is 11.3 Å². The van der Waals surface area contributed by atoms with Crippen molar-refractivity contribution in [1.82, 2.24) is 14.9 Å². The molecule has 4 aromatic carbocycles. The largest absolute Gasteiger partial charge is 0.324 e. The van der Waals surface area contributed by atoms with Gasteiger partial charge >= 0.3 is 0 Å². The van der Waals surface area contributed by atoms with E-state index in [4.69, 9.17) is 4.98 Å². The van der Waals surface area contributed by atoms with Gasteiger partial charge in [-0.05, 0) is 92.8 Å². The summed E-state index contributed by atoms with van der Waals surface area (Å²) in [7, 11) is 4.03. The van der Waals surface area contributed by atoms with Gasteiger partial charge in [-0.2, -0.15) is 0 Å². The Kier molecular flexibility index (Phi) is 7.11. The number of halogens is 1. The summed E-state index contributed by atoms with van der Waals surface area (Å²) in [4.78, 5) is 24.4. The zero-order chi connectivity index (χ0) is 26.6. The Balaban J connectivity index is 1.36. The summed E-state index contributed by atoms with van der Waals surface area (Å²) in [6, 6.07) is 27.2. The molecule has 0 fully saturated rings. The monoisotopic (exact) mass is 505 g/mol. The number of aryl methyl sites for hydroxylation is 1. The summed E-state index contributed by atoms with van der Waals surface area (Å²) in [5, 5.41) is 7.14. The van der Waals surface area contributed by atoms with Crippen LogP contribution in [0.5, 0.6) is 0 Å². The number of fused-ring (bicyclic) bond motifs is 1. The molecule has 0 radical (unpaired) electrons. The number of carbonyl (C=O) groups is 1. The molecule has 0 spiro atoms. The lowest BCUT2D eigenvalue weighted by Gasteiger charge is -2.14. The van der Waals surface area contributed by atoms with Gasteiger partial charge in [-0.1, -0.05) is 30.3 Å². The maximum atomic E-state index is 13.5. The molecule has 38 heavy (non-hydrogen) atoms. The van der Waals surface area contributed by atoms with Crippen LogP contribution in [0.1, 0.15) is 21.5 Å². The van der Waals surface area contributed by atoms with Crippen molar-refractivity contribution >= 4 is 34.1 Å². The molecule has 1 heterocycles. The van der Waals surface area contributed by atoms with Crippen molar-refractivity contribution in [3.63, 3.8) is 0 Å². The number of amides is 1. The van der Waals surface area contributed by atoms with Crippen molar-refractivity contribution in [3.05, 3.63) is 114 Å². The van der Waals surface area contributed by atoms with Crippen LogP contribution in [0.15, 0.2) is 91.0 Å². The molecule has 0 aliphatic carbocycles. The zero-order valence-electron chi connectivity index (χ0n) is 21.5. The molecular formula is C31H28FN5O. The van der Waals surface area contributed by atoms with E-state index in [-0.39, 0.29) is 11.7 Å². The third-order valence-electron chi connectivity index (χ3n) is 6.17. The van der Waals surface area contributed by atoms with Gasteiger partial charge in [-0.15, -0.1) is 0 Å². The van der Waals surface area contributed by atoms with Gasteiger partial charge in [0.1, 0.15) is 5.82 Å². The predicted molar refractivity (Wildman–Crippen MR) is 151 cm³/mol. The lowest BCUT2D eigenvalue weighted by molar-refractivity contribution is 0.102. The van der Waals surface area contributed by atoms with E-state index in [1.165, 1.54) is 12.1 Å². The minimum atomic E-state index is -0.300. The molecule has 5 aromatic rings. The van der Waals surface area contributed by atoms with Crippen LogP contribution in [0.3, 0.4) is 0 Å². The Labute approximate surface area is 221 Å². The molecule has 0 atom stereocenters. The van der Waals surface area contributed by atoms with Crippen LogP contribution in [0.4, 0.5) is 21.7 Å². The number of carbonyl (C=O) groups excluding carboxylic acids is 1. The minimum absolute atomic E-state index is 0.179. The maximum absolute atomic E-state index is 13.5. The normalized spacial score (nSPS) is 11.1. The predicted octanol–water partition coefficient (Wildman–Crippen LogP) is 6.80. The lowest BCUT2D eigenvalue weighted by atomic mass is 10.1. The van der Waals surface area contributed by atoms with Crippen LogP contribution in [0.2, 0.25) is 0 Å². The van der Waals surface area contributed by atoms with Gasteiger partial charge in [0.15, 0.2) is 0 Å². The number of hydrogen-bond acceptors (Lipinski definition) is 5. The van der Waals surface area contributed by atoms with E-state index in [0.29, 0.717) is 17.2 Å². The Morgan fingerprint density at radius 1 is 0.895 bits per heavy atom. The van der Waals surface area contributed by atoms with E-state index in [9.17, 15) is 9.18 Å². The second-order valence-corrected chi connectivity index (χ2v) is 9.46. The Morgan fingerprint density at radius 3 is 2.37 bits per heavy atom. The number of nitrogens with one attached hydrogen (secondary N) is 2. The fourth-order valence-corrected chi connectivity index (χ4v) is 4.26. The zero-order valence-corrected chi connectivity index (χ0v) is 21.5. The van der Waals surface area contributed by atoms with Gasteiger partial charge in [0.05, 0.1) is 11.2 Å². The van der Waals surface area contributed by atoms with Gasteiger partial charge in [0, 0.05) is 34.4 Å². The van der Waals surface area contributed by atoms with Gasteiger partial charge in [-0.3, -0.25) is 4.79 Å². The summed E-state index contributed by atoms with van der Waals surface area (Å²) in [6.45, 7) is 2.77. The van der Waals surface area contributed by atoms with Gasteiger partial charge in [0.25, 0.3) is 5.91 Å². The first kappa shape index (κ1) is 25.0. The highest BCUT2D eigenvalue weighted by Gasteiger charge is 2.12. The average molecular weight is 506 g/mol. The first-order valence-corrected chi connectivity index (χ1v) is 12.3. The van der Waals surface area contributed by atoms with E-state index in [1.807, 2.05) is 69.6 Å². The molecule has 1 amide bonds. The fourth-order valence-electron chi connectivity index (χ4n) is 4.26. The topological polar surface area (TPSA) is 70.2 Å². The third-order valence-corrected chi connectivity index (χ3v) is 6.17. The lowest BCUT2D eigenvalue weighted by Crippen LogP contribution is -2.14. The number of para-hydroxylation sites is 1. The van der Waals surface area contributed by atoms with Crippen LogP contribution < -0.4 is 10.6 Å². The molecule has 1 aromatic heterocycles. The molecule has 0 bridgehead atoms. The van der Waals surface area contributed by atoms with E-state index < -0.39 is 0 Å². The summed E-state index contributed by atoms with van der Waals surface area (Å²) in [5.41, 5.74) is 6.49. The first-order valence-electron chi connectivity index (χ1n) is 12.3.